The molecule has 0 radical (unpaired) electrons. The molecule has 1 amide bonds. The molecule has 3 rings (SSSR count). The van der Waals surface area contributed by atoms with Gasteiger partial charge < -0.3 is 14.2 Å². The number of hydrogen-bond acceptors (Lipinski definition) is 5. The first-order valence-corrected chi connectivity index (χ1v) is 8.83. The zero-order valence-electron chi connectivity index (χ0n) is 12.8. The summed E-state index contributed by atoms with van der Waals surface area (Å²) in [5, 5.41) is 2.95. The Morgan fingerprint density at radius 2 is 2.04 bits per heavy atom. The van der Waals surface area contributed by atoms with Crippen LogP contribution in [0.15, 0.2) is 51.7 Å². The highest BCUT2D eigenvalue weighted by atomic mass is 32.2. The Labute approximate surface area is 139 Å². The number of amides is 1. The van der Waals surface area contributed by atoms with Crippen LogP contribution >= 0.6 is 11.8 Å². The molecular weight excluding hydrogens is 312 g/mol. The molecule has 6 heteroatoms. The zero-order chi connectivity index (χ0) is 15.9. The van der Waals surface area contributed by atoms with Crippen molar-refractivity contribution in [2.75, 3.05) is 31.1 Å². The number of carbonyl (C=O) groups is 1. The summed E-state index contributed by atoms with van der Waals surface area (Å²) in [6.45, 7) is 2.54. The summed E-state index contributed by atoms with van der Waals surface area (Å²) >= 11 is 1.96. The summed E-state index contributed by atoms with van der Waals surface area (Å²) in [5.74, 6) is 3.65. The maximum atomic E-state index is 12.0. The first-order valence-electron chi connectivity index (χ1n) is 7.67. The minimum Gasteiger partial charge on any atom is -0.468 e. The number of furan rings is 2. The van der Waals surface area contributed by atoms with Gasteiger partial charge in [0, 0.05) is 37.2 Å². The fourth-order valence-corrected chi connectivity index (χ4v) is 3.51. The van der Waals surface area contributed by atoms with Gasteiger partial charge in [0.1, 0.15) is 11.5 Å². The molecule has 2 aromatic heterocycles. The van der Waals surface area contributed by atoms with Crippen LogP contribution in [0.4, 0.5) is 0 Å². The van der Waals surface area contributed by atoms with Crippen LogP contribution in [0.25, 0.3) is 6.08 Å². The monoisotopic (exact) mass is 332 g/mol. The van der Waals surface area contributed by atoms with Gasteiger partial charge >= 0.3 is 0 Å². The smallest absolute Gasteiger partial charge is 0.244 e. The summed E-state index contributed by atoms with van der Waals surface area (Å²) in [6, 6.07) is 7.53. The fourth-order valence-electron chi connectivity index (χ4n) is 2.58. The molecule has 0 bridgehead atoms. The molecule has 1 saturated heterocycles. The van der Waals surface area contributed by atoms with Gasteiger partial charge in [-0.1, -0.05) is 0 Å². The van der Waals surface area contributed by atoms with Gasteiger partial charge in [0.15, 0.2) is 0 Å². The quantitative estimate of drug-likeness (QED) is 0.824. The lowest BCUT2D eigenvalue weighted by Gasteiger charge is -2.33. The second-order valence-corrected chi connectivity index (χ2v) is 6.50. The van der Waals surface area contributed by atoms with Crippen LogP contribution in [0.5, 0.6) is 0 Å². The standard InChI is InChI=1S/C17H20N2O3S/c20-17(6-5-14-3-1-9-21-14)18-13-15(16-4-2-10-22-16)19-7-11-23-12-8-19/h1-6,9-10,15H,7-8,11-13H2,(H,18,20)/b6-5+/t15-/m0/s1. The van der Waals surface area contributed by atoms with Crippen LogP contribution < -0.4 is 5.32 Å². The first kappa shape index (κ1) is 16.0. The summed E-state index contributed by atoms with van der Waals surface area (Å²) in [4.78, 5) is 14.4. The zero-order valence-corrected chi connectivity index (χ0v) is 13.6. The Balaban J connectivity index is 1.58. The molecule has 3 heterocycles. The average Bonchev–Trinajstić information content (AvgIpc) is 3.28. The summed E-state index contributed by atoms with van der Waals surface area (Å²) < 4.78 is 10.7. The highest BCUT2D eigenvalue weighted by Gasteiger charge is 2.24. The van der Waals surface area contributed by atoms with E-state index in [-0.39, 0.29) is 11.9 Å². The van der Waals surface area contributed by atoms with Crippen molar-refractivity contribution in [3.63, 3.8) is 0 Å². The van der Waals surface area contributed by atoms with Gasteiger partial charge in [-0.3, -0.25) is 9.69 Å². The van der Waals surface area contributed by atoms with E-state index in [0.29, 0.717) is 12.3 Å². The molecule has 0 saturated carbocycles. The van der Waals surface area contributed by atoms with Crippen LogP contribution in [0, 0.1) is 0 Å². The predicted octanol–water partition coefficient (Wildman–Crippen LogP) is 2.79. The maximum absolute atomic E-state index is 12.0. The Morgan fingerprint density at radius 1 is 1.26 bits per heavy atom. The minimum absolute atomic E-state index is 0.0758. The molecule has 1 aliphatic rings. The van der Waals surface area contributed by atoms with Gasteiger partial charge in [0.2, 0.25) is 5.91 Å². The molecule has 1 atom stereocenters. The van der Waals surface area contributed by atoms with E-state index in [1.807, 2.05) is 23.9 Å². The van der Waals surface area contributed by atoms with Crippen molar-refractivity contribution in [1.29, 1.82) is 0 Å². The topological polar surface area (TPSA) is 58.6 Å². The second-order valence-electron chi connectivity index (χ2n) is 5.27. The number of thioether (sulfide) groups is 1. The van der Waals surface area contributed by atoms with Crippen LogP contribution in [-0.2, 0) is 4.79 Å². The van der Waals surface area contributed by atoms with Crippen LogP contribution in [0.3, 0.4) is 0 Å². The third-order valence-electron chi connectivity index (χ3n) is 3.77. The molecule has 1 N–H and O–H groups in total. The van der Waals surface area contributed by atoms with Gasteiger partial charge in [-0.15, -0.1) is 0 Å². The third-order valence-corrected chi connectivity index (χ3v) is 4.71. The van der Waals surface area contributed by atoms with E-state index in [9.17, 15) is 4.79 Å². The molecule has 0 aliphatic carbocycles. The molecular formula is C17H20N2O3S. The molecule has 0 spiro atoms. The normalized spacial score (nSPS) is 17.4. The Hall–Kier alpha value is -1.92. The molecule has 2 aromatic rings. The highest BCUT2D eigenvalue weighted by molar-refractivity contribution is 7.99. The van der Waals surface area contributed by atoms with Gasteiger partial charge in [0.05, 0.1) is 18.6 Å². The second kappa shape index (κ2) is 8.08. The number of rotatable bonds is 6. The van der Waals surface area contributed by atoms with E-state index in [4.69, 9.17) is 8.83 Å². The molecule has 23 heavy (non-hydrogen) atoms. The minimum atomic E-state index is -0.135. The number of nitrogens with one attached hydrogen (secondary N) is 1. The molecule has 5 nitrogen and oxygen atoms in total. The Morgan fingerprint density at radius 3 is 2.74 bits per heavy atom. The van der Waals surface area contributed by atoms with Gasteiger partial charge in [-0.2, -0.15) is 11.8 Å². The summed E-state index contributed by atoms with van der Waals surface area (Å²) in [6.07, 6.45) is 6.41. The molecule has 1 aliphatic heterocycles. The number of hydrogen-bond donors (Lipinski definition) is 1. The largest absolute Gasteiger partial charge is 0.468 e. The van der Waals surface area contributed by atoms with Crippen molar-refractivity contribution in [2.24, 2.45) is 0 Å². The summed E-state index contributed by atoms with van der Waals surface area (Å²) in [7, 11) is 0. The SMILES string of the molecule is O=C(/C=C/c1ccco1)NC[C@@H](c1ccco1)N1CCSCC1. The lowest BCUT2D eigenvalue weighted by Crippen LogP contribution is -2.41. The van der Waals surface area contributed by atoms with Crippen molar-refractivity contribution in [1.82, 2.24) is 10.2 Å². The third kappa shape index (κ3) is 4.53. The lowest BCUT2D eigenvalue weighted by molar-refractivity contribution is -0.116. The number of nitrogens with zero attached hydrogens (tertiary/aromatic N) is 1. The Bertz CT molecular complexity index is 616. The highest BCUT2D eigenvalue weighted by Crippen LogP contribution is 2.24. The molecule has 122 valence electrons. The van der Waals surface area contributed by atoms with Crippen LogP contribution in [0.2, 0.25) is 0 Å². The van der Waals surface area contributed by atoms with E-state index in [2.05, 4.69) is 10.2 Å². The Kier molecular flexibility index (Phi) is 5.60. The van der Waals surface area contributed by atoms with Crippen molar-refractivity contribution >= 4 is 23.7 Å². The maximum Gasteiger partial charge on any atom is 0.244 e. The van der Waals surface area contributed by atoms with E-state index in [0.717, 1.165) is 30.4 Å². The van der Waals surface area contributed by atoms with E-state index in [1.54, 1.807) is 30.7 Å². The van der Waals surface area contributed by atoms with Crippen LogP contribution in [-0.4, -0.2) is 41.9 Å². The first-order chi connectivity index (χ1) is 11.3. The van der Waals surface area contributed by atoms with Crippen molar-refractivity contribution in [3.8, 4) is 0 Å². The predicted molar refractivity (Wildman–Crippen MR) is 91.1 cm³/mol. The lowest BCUT2D eigenvalue weighted by atomic mass is 10.2. The van der Waals surface area contributed by atoms with Crippen molar-refractivity contribution < 1.29 is 13.6 Å². The molecule has 1 fully saturated rings. The van der Waals surface area contributed by atoms with E-state index in [1.165, 1.54) is 6.08 Å². The van der Waals surface area contributed by atoms with Crippen molar-refractivity contribution in [3.05, 3.63) is 54.4 Å². The number of carbonyl (C=O) groups excluding carboxylic acids is 1. The van der Waals surface area contributed by atoms with Crippen LogP contribution in [0.1, 0.15) is 17.6 Å². The molecule has 0 aromatic carbocycles. The van der Waals surface area contributed by atoms with Gasteiger partial charge in [-0.05, 0) is 30.3 Å². The van der Waals surface area contributed by atoms with Gasteiger partial charge in [-0.25, -0.2) is 0 Å². The molecule has 0 unspecified atom stereocenters. The van der Waals surface area contributed by atoms with E-state index < -0.39 is 0 Å². The summed E-state index contributed by atoms with van der Waals surface area (Å²) in [5.41, 5.74) is 0. The van der Waals surface area contributed by atoms with E-state index >= 15 is 0 Å². The van der Waals surface area contributed by atoms with Gasteiger partial charge in [0.25, 0.3) is 0 Å². The average molecular weight is 332 g/mol. The van der Waals surface area contributed by atoms with Crippen molar-refractivity contribution in [2.45, 2.75) is 6.04 Å². The fraction of sp³-hybridized carbons (Fsp3) is 0.353.